The molecule has 0 spiro atoms. The zero-order valence-corrected chi connectivity index (χ0v) is 11.6. The van der Waals surface area contributed by atoms with Crippen LogP contribution in [0.25, 0.3) is 0 Å². The molecule has 1 N–H and O–H groups in total. The molecule has 1 fully saturated rings. The highest BCUT2D eigenvalue weighted by Gasteiger charge is 2.38. The molecule has 0 saturated heterocycles. The van der Waals surface area contributed by atoms with Crippen molar-refractivity contribution in [2.45, 2.75) is 78.2 Å². The van der Waals surface area contributed by atoms with Gasteiger partial charge in [0.05, 0.1) is 5.60 Å². The molecular formula is C15H30O. The molecule has 1 nitrogen and oxygen atoms in total. The van der Waals surface area contributed by atoms with Crippen molar-refractivity contribution in [3.05, 3.63) is 0 Å². The second-order valence-electron chi connectivity index (χ2n) is 6.07. The molecule has 0 aromatic rings. The summed E-state index contributed by atoms with van der Waals surface area (Å²) in [6.45, 7) is 9.10. The Morgan fingerprint density at radius 2 is 1.56 bits per heavy atom. The summed E-state index contributed by atoms with van der Waals surface area (Å²) in [6.07, 6.45) is 7.98. The van der Waals surface area contributed by atoms with Crippen LogP contribution in [-0.2, 0) is 0 Å². The van der Waals surface area contributed by atoms with Gasteiger partial charge in [0, 0.05) is 0 Å². The van der Waals surface area contributed by atoms with Crippen LogP contribution >= 0.6 is 0 Å². The fraction of sp³-hybridized carbons (Fsp3) is 1.00. The van der Waals surface area contributed by atoms with Crippen molar-refractivity contribution in [2.75, 3.05) is 0 Å². The van der Waals surface area contributed by atoms with Gasteiger partial charge in [0.2, 0.25) is 0 Å². The Hall–Kier alpha value is -0.0400. The predicted molar refractivity (Wildman–Crippen MR) is 70.4 cm³/mol. The molecule has 0 heterocycles. The van der Waals surface area contributed by atoms with Gasteiger partial charge in [-0.25, -0.2) is 0 Å². The van der Waals surface area contributed by atoms with Crippen molar-refractivity contribution >= 4 is 0 Å². The van der Waals surface area contributed by atoms with Gasteiger partial charge in [-0.15, -0.1) is 0 Å². The van der Waals surface area contributed by atoms with E-state index in [2.05, 4.69) is 27.7 Å². The van der Waals surface area contributed by atoms with Crippen molar-refractivity contribution in [1.82, 2.24) is 0 Å². The van der Waals surface area contributed by atoms with Crippen molar-refractivity contribution in [3.8, 4) is 0 Å². The first kappa shape index (κ1) is 14.0. The Morgan fingerprint density at radius 3 is 2.00 bits per heavy atom. The second kappa shape index (κ2) is 6.05. The standard InChI is InChI=1S/C15H30O/c1-5-9-15(16,10-6-2)14-8-7-12(3)13(4)11-14/h12-14,16H,5-11H2,1-4H3. The summed E-state index contributed by atoms with van der Waals surface area (Å²) in [4.78, 5) is 0. The zero-order valence-electron chi connectivity index (χ0n) is 11.6. The van der Waals surface area contributed by atoms with Gasteiger partial charge in [0.1, 0.15) is 0 Å². The smallest absolute Gasteiger partial charge is 0.0675 e. The highest BCUT2D eigenvalue weighted by molar-refractivity contribution is 4.90. The van der Waals surface area contributed by atoms with E-state index in [4.69, 9.17) is 0 Å². The minimum absolute atomic E-state index is 0.363. The molecule has 1 rings (SSSR count). The molecule has 0 aromatic heterocycles. The maximum absolute atomic E-state index is 10.8. The van der Waals surface area contributed by atoms with Gasteiger partial charge in [-0.05, 0) is 43.4 Å². The van der Waals surface area contributed by atoms with Gasteiger partial charge in [-0.2, -0.15) is 0 Å². The summed E-state index contributed by atoms with van der Waals surface area (Å²) in [5, 5.41) is 10.8. The normalized spacial score (nSPS) is 31.7. The van der Waals surface area contributed by atoms with Crippen LogP contribution in [0, 0.1) is 17.8 Å². The SMILES string of the molecule is CCCC(O)(CCC)C1CCC(C)C(C)C1. The van der Waals surface area contributed by atoms with Crippen LogP contribution in [0.15, 0.2) is 0 Å². The highest BCUT2D eigenvalue weighted by atomic mass is 16.3. The van der Waals surface area contributed by atoms with Gasteiger partial charge in [-0.1, -0.05) is 47.0 Å². The largest absolute Gasteiger partial charge is 0.390 e. The van der Waals surface area contributed by atoms with Gasteiger partial charge in [0.15, 0.2) is 0 Å². The quantitative estimate of drug-likeness (QED) is 0.737. The van der Waals surface area contributed by atoms with Crippen LogP contribution < -0.4 is 0 Å². The monoisotopic (exact) mass is 226 g/mol. The van der Waals surface area contributed by atoms with E-state index in [0.29, 0.717) is 5.92 Å². The summed E-state index contributed by atoms with van der Waals surface area (Å²) in [5.41, 5.74) is -0.363. The lowest BCUT2D eigenvalue weighted by atomic mass is 9.67. The van der Waals surface area contributed by atoms with E-state index >= 15 is 0 Å². The number of hydrogen-bond acceptors (Lipinski definition) is 1. The maximum Gasteiger partial charge on any atom is 0.0675 e. The van der Waals surface area contributed by atoms with Gasteiger partial charge in [0.25, 0.3) is 0 Å². The molecule has 3 atom stereocenters. The van der Waals surface area contributed by atoms with Crippen LogP contribution in [0.4, 0.5) is 0 Å². The molecule has 0 aliphatic heterocycles. The van der Waals surface area contributed by atoms with Gasteiger partial charge in [-0.3, -0.25) is 0 Å². The first-order valence-electron chi connectivity index (χ1n) is 7.25. The minimum Gasteiger partial charge on any atom is -0.390 e. The lowest BCUT2D eigenvalue weighted by Crippen LogP contribution is -2.41. The molecule has 0 amide bonds. The Bertz CT molecular complexity index is 194. The maximum atomic E-state index is 10.8. The Balaban J connectivity index is 2.64. The van der Waals surface area contributed by atoms with E-state index < -0.39 is 0 Å². The Labute approximate surface area is 102 Å². The van der Waals surface area contributed by atoms with Crippen LogP contribution in [-0.4, -0.2) is 10.7 Å². The molecule has 1 aliphatic rings. The van der Waals surface area contributed by atoms with Crippen LogP contribution in [0.3, 0.4) is 0 Å². The summed E-state index contributed by atoms with van der Waals surface area (Å²) in [7, 11) is 0. The summed E-state index contributed by atoms with van der Waals surface area (Å²) >= 11 is 0. The minimum atomic E-state index is -0.363. The van der Waals surface area contributed by atoms with Crippen molar-refractivity contribution in [1.29, 1.82) is 0 Å². The van der Waals surface area contributed by atoms with E-state index in [1.165, 1.54) is 19.3 Å². The van der Waals surface area contributed by atoms with Crippen LogP contribution in [0.5, 0.6) is 0 Å². The van der Waals surface area contributed by atoms with Crippen molar-refractivity contribution in [2.24, 2.45) is 17.8 Å². The van der Waals surface area contributed by atoms with Crippen molar-refractivity contribution < 1.29 is 5.11 Å². The lowest BCUT2D eigenvalue weighted by molar-refractivity contribution is -0.0606. The fourth-order valence-electron chi connectivity index (χ4n) is 3.43. The van der Waals surface area contributed by atoms with E-state index in [9.17, 15) is 5.11 Å². The Kier molecular flexibility index (Phi) is 5.30. The molecule has 0 radical (unpaired) electrons. The predicted octanol–water partition coefficient (Wildman–Crippen LogP) is 4.39. The van der Waals surface area contributed by atoms with Crippen molar-refractivity contribution in [3.63, 3.8) is 0 Å². The average Bonchev–Trinajstić information content (AvgIpc) is 2.22. The number of rotatable bonds is 5. The molecule has 0 aromatic carbocycles. The highest BCUT2D eigenvalue weighted by Crippen LogP contribution is 2.42. The van der Waals surface area contributed by atoms with E-state index in [0.717, 1.165) is 37.5 Å². The third kappa shape index (κ3) is 3.23. The number of hydrogen-bond donors (Lipinski definition) is 1. The first-order chi connectivity index (χ1) is 7.53. The molecule has 96 valence electrons. The molecular weight excluding hydrogens is 196 g/mol. The van der Waals surface area contributed by atoms with E-state index in [1.54, 1.807) is 0 Å². The summed E-state index contributed by atoms with van der Waals surface area (Å²) in [6, 6.07) is 0. The van der Waals surface area contributed by atoms with E-state index in [1.807, 2.05) is 0 Å². The fourth-order valence-corrected chi connectivity index (χ4v) is 3.43. The third-order valence-corrected chi connectivity index (χ3v) is 4.72. The molecule has 0 bridgehead atoms. The summed E-state index contributed by atoms with van der Waals surface area (Å²) < 4.78 is 0. The summed E-state index contributed by atoms with van der Waals surface area (Å²) in [5.74, 6) is 2.20. The second-order valence-corrected chi connectivity index (χ2v) is 6.07. The lowest BCUT2D eigenvalue weighted by Gasteiger charge is -2.42. The third-order valence-electron chi connectivity index (χ3n) is 4.72. The van der Waals surface area contributed by atoms with Crippen LogP contribution in [0.2, 0.25) is 0 Å². The molecule has 3 unspecified atom stereocenters. The molecule has 1 saturated carbocycles. The van der Waals surface area contributed by atoms with E-state index in [-0.39, 0.29) is 5.60 Å². The topological polar surface area (TPSA) is 20.2 Å². The average molecular weight is 226 g/mol. The number of aliphatic hydroxyl groups is 1. The molecule has 16 heavy (non-hydrogen) atoms. The van der Waals surface area contributed by atoms with Gasteiger partial charge < -0.3 is 5.11 Å². The molecule has 1 heteroatoms. The van der Waals surface area contributed by atoms with Crippen LogP contribution in [0.1, 0.15) is 72.6 Å². The first-order valence-corrected chi connectivity index (χ1v) is 7.25. The zero-order chi connectivity index (χ0) is 12.2. The van der Waals surface area contributed by atoms with Gasteiger partial charge >= 0.3 is 0 Å². The Morgan fingerprint density at radius 1 is 1.00 bits per heavy atom. The molecule has 1 aliphatic carbocycles.